The standard InChI is InChI=1S/C18H18N8O7S3.C16H16N4O8S.Na.H/c1-25-18(22-12(28)13(29)23-25)36-4-6-3-34-15-9(14(30)26(15)10(6)16(31)32)21-11(27)8(24-33-2)7-5-35-17(19)20-7;1-26-19-9(8-3-2-4-27-8)12(21)18-10-13(22)20-11(15(23)24)7(5-28-16(17)25)6-29-14(10)20;;/h5,9,15H,3-4H2,1-2H3,(H2,19,20)(H,21,27)(H,23,29)(H,31,32);2-4,10,14H,5-6H2,1H3,(H2,17,25)(H,18,21)(H,23,24);;/q;;+1;-1/b24-8-;19-9+;;/t9-,15-;10-,14-;;/m11../s1. The number of nitrogens with one attached hydrogen (secondary N) is 3. The van der Waals surface area contributed by atoms with Gasteiger partial charge >= 0.3 is 58.7 Å². The number of hydrogen-bond donors (Lipinski definition) is 7. The number of primary amides is 1. The number of hydrogen-bond acceptors (Lipinski definition) is 22. The van der Waals surface area contributed by atoms with E-state index >= 15 is 0 Å². The van der Waals surface area contributed by atoms with Gasteiger partial charge < -0.3 is 52.6 Å². The molecular weight excluding hydrogens is 968 g/mol. The predicted molar refractivity (Wildman–Crippen MR) is 229 cm³/mol. The molecule has 0 aliphatic carbocycles. The third-order valence-electron chi connectivity index (χ3n) is 9.10. The Hall–Kier alpha value is -6.12. The van der Waals surface area contributed by atoms with Gasteiger partial charge in [-0.25, -0.2) is 19.4 Å². The quantitative estimate of drug-likeness (QED) is 0.0187. The number of aryl methyl sites for hydroxylation is 1. The molecule has 4 aliphatic rings. The number of H-pyrrole nitrogens is 1. The summed E-state index contributed by atoms with van der Waals surface area (Å²) in [4.78, 5) is 128. The molecule has 0 unspecified atom stereocenters. The van der Waals surface area contributed by atoms with E-state index in [4.69, 9.17) is 20.7 Å². The molecule has 2 saturated heterocycles. The summed E-state index contributed by atoms with van der Waals surface area (Å²) in [5.74, 6) is -4.68. The Morgan fingerprint density at radius 1 is 0.939 bits per heavy atom. The van der Waals surface area contributed by atoms with Crippen LogP contribution < -0.4 is 62.8 Å². The van der Waals surface area contributed by atoms with E-state index in [9.17, 15) is 53.4 Å². The maximum absolute atomic E-state index is 12.9. The van der Waals surface area contributed by atoms with E-state index in [1.807, 2.05) is 0 Å². The maximum Gasteiger partial charge on any atom is 1.00 e. The molecule has 0 bridgehead atoms. The van der Waals surface area contributed by atoms with Gasteiger partial charge in [0.15, 0.2) is 21.8 Å². The number of nitrogen functional groups attached to an aromatic ring is 1. The normalized spacial score (nSPS) is 20.0. The molecule has 346 valence electrons. The Labute approximate surface area is 409 Å². The van der Waals surface area contributed by atoms with Gasteiger partial charge in [0, 0.05) is 35.3 Å². The molecule has 0 spiro atoms. The monoisotopic (exact) mass is 1000 g/mol. The molecule has 0 aromatic carbocycles. The fourth-order valence-corrected chi connectivity index (χ4v) is 10.6. The van der Waals surface area contributed by atoms with Crippen LogP contribution >= 0.6 is 46.6 Å². The molecule has 27 nitrogen and oxygen atoms in total. The van der Waals surface area contributed by atoms with Crippen LogP contribution in [-0.2, 0) is 50.2 Å². The van der Waals surface area contributed by atoms with Crippen LogP contribution in [-0.4, -0.2) is 154 Å². The number of amides is 5. The van der Waals surface area contributed by atoms with E-state index in [1.165, 1.54) is 67.2 Å². The average molecular weight is 1000 g/mol. The van der Waals surface area contributed by atoms with Crippen LogP contribution in [0.4, 0.5) is 9.93 Å². The third kappa shape index (κ3) is 10.8. The van der Waals surface area contributed by atoms with E-state index < -0.39 is 75.6 Å². The van der Waals surface area contributed by atoms with Crippen molar-refractivity contribution < 1.29 is 93.6 Å². The minimum absolute atomic E-state index is 0. The van der Waals surface area contributed by atoms with E-state index in [0.717, 1.165) is 32.9 Å². The van der Waals surface area contributed by atoms with Crippen molar-refractivity contribution in [1.82, 2.24) is 40.2 Å². The number of ether oxygens (including phenoxy) is 1. The molecule has 3 aromatic rings. The molecule has 32 heteroatoms. The zero-order valence-corrected chi connectivity index (χ0v) is 39.8. The SMILES string of the molecule is CO/N=C(/C(=O)N[C@@H]1C(=O)N2C(C(=O)O)=C(COC(N)=O)CS[C@H]12)c1ccco1.CO/N=C(\C(=O)N[C@@H]1C(=O)N2C(C(=O)O)=C(CSc3nc(=O)c(=O)[nH]n3C)CS[C@H]12)c1csc(N)n1.[H-].[Na+]. The number of fused-ring (bicyclic) bond motifs is 2. The summed E-state index contributed by atoms with van der Waals surface area (Å²) < 4.78 is 11.0. The van der Waals surface area contributed by atoms with E-state index in [0.29, 0.717) is 5.57 Å². The van der Waals surface area contributed by atoms with Gasteiger partial charge in [0.2, 0.25) is 5.71 Å². The summed E-state index contributed by atoms with van der Waals surface area (Å²) in [5, 5.41) is 34.6. The Morgan fingerprint density at radius 3 is 2.02 bits per heavy atom. The number of nitrogens with zero attached hydrogens (tertiary/aromatic N) is 7. The number of nitrogens with two attached hydrogens (primary N) is 2. The van der Waals surface area contributed by atoms with Crippen molar-refractivity contribution in [2.75, 3.05) is 43.8 Å². The summed E-state index contributed by atoms with van der Waals surface area (Å²) in [7, 11) is 3.99. The van der Waals surface area contributed by atoms with Crippen molar-refractivity contribution in [1.29, 1.82) is 0 Å². The number of thiazole rings is 1. The molecule has 3 aromatic heterocycles. The Balaban J connectivity index is 0.000000290. The predicted octanol–water partition coefficient (Wildman–Crippen LogP) is -5.03. The molecule has 7 rings (SSSR count). The largest absolute Gasteiger partial charge is 1.00 e. The van der Waals surface area contributed by atoms with Gasteiger partial charge in [0.25, 0.3) is 23.6 Å². The number of aromatic nitrogens is 4. The fourth-order valence-electron chi connectivity index (χ4n) is 6.30. The number of carbonyl (C=O) groups excluding carboxylic acids is 5. The van der Waals surface area contributed by atoms with E-state index in [-0.39, 0.29) is 105 Å². The van der Waals surface area contributed by atoms with Crippen LogP contribution in [0.2, 0.25) is 0 Å². The van der Waals surface area contributed by atoms with Gasteiger partial charge in [-0.15, -0.1) is 34.9 Å². The van der Waals surface area contributed by atoms with Gasteiger partial charge in [0.05, 0.1) is 6.26 Å². The van der Waals surface area contributed by atoms with Crippen molar-refractivity contribution >= 4 is 105 Å². The first kappa shape index (κ1) is 50.9. The van der Waals surface area contributed by atoms with Crippen molar-refractivity contribution in [3.63, 3.8) is 0 Å². The molecule has 9 N–H and O–H groups in total. The number of anilines is 1. The molecule has 66 heavy (non-hydrogen) atoms. The van der Waals surface area contributed by atoms with Crippen molar-refractivity contribution in [3.05, 3.63) is 78.5 Å². The van der Waals surface area contributed by atoms with Crippen LogP contribution in [0, 0.1) is 0 Å². The summed E-state index contributed by atoms with van der Waals surface area (Å²) in [6, 6.07) is 1.08. The van der Waals surface area contributed by atoms with Gasteiger partial charge in [-0.3, -0.25) is 48.3 Å². The second-order valence-corrected chi connectivity index (χ2v) is 17.2. The first-order valence-corrected chi connectivity index (χ1v) is 22.0. The number of aliphatic carboxylic acids is 2. The first-order valence-electron chi connectivity index (χ1n) is 18.1. The van der Waals surface area contributed by atoms with Gasteiger partial charge in [-0.1, -0.05) is 22.1 Å². The number of aromatic amines is 1. The van der Waals surface area contributed by atoms with Crippen molar-refractivity contribution in [2.45, 2.75) is 28.0 Å². The molecule has 5 amide bonds. The zero-order chi connectivity index (χ0) is 47.3. The molecule has 4 atom stereocenters. The number of carbonyl (C=O) groups is 7. The van der Waals surface area contributed by atoms with Crippen LogP contribution in [0.5, 0.6) is 0 Å². The van der Waals surface area contributed by atoms with Crippen LogP contribution in [0.15, 0.2) is 75.8 Å². The second-order valence-electron chi connectivity index (χ2n) is 13.1. The number of furan rings is 1. The van der Waals surface area contributed by atoms with Crippen molar-refractivity contribution in [2.24, 2.45) is 23.1 Å². The Kier molecular flexibility index (Phi) is 16.9. The number of carboxylic acid groups (broad SMARTS) is 2. The van der Waals surface area contributed by atoms with Gasteiger partial charge in [-0.2, -0.15) is 4.98 Å². The van der Waals surface area contributed by atoms with Crippen LogP contribution in [0.3, 0.4) is 0 Å². The summed E-state index contributed by atoms with van der Waals surface area (Å²) >= 11 is 4.62. The van der Waals surface area contributed by atoms with Gasteiger partial charge in [0.1, 0.15) is 60.7 Å². The minimum atomic E-state index is -1.35. The zero-order valence-electron chi connectivity index (χ0n) is 35.6. The molecule has 7 heterocycles. The molecule has 2 fully saturated rings. The summed E-state index contributed by atoms with van der Waals surface area (Å²) in [5.41, 5.74) is 8.68. The topological polar surface area (TPSA) is 389 Å². The minimum Gasteiger partial charge on any atom is -1.00 e. The number of oxime groups is 2. The average Bonchev–Trinajstić information content (AvgIpc) is 3.97. The Bertz CT molecular complexity index is 2710. The van der Waals surface area contributed by atoms with E-state index in [2.05, 4.69) is 45.6 Å². The smallest absolute Gasteiger partial charge is 1.00 e. The van der Waals surface area contributed by atoms with Crippen molar-refractivity contribution in [3.8, 4) is 0 Å². The first-order chi connectivity index (χ1) is 31.0. The number of rotatable bonds is 15. The molecule has 4 aliphatic heterocycles. The second kappa shape index (κ2) is 21.9. The third-order valence-corrected chi connectivity index (χ3v) is 13.6. The summed E-state index contributed by atoms with van der Waals surface area (Å²) in [6.07, 6.45) is 0.290. The Morgan fingerprint density at radius 2 is 1.50 bits per heavy atom. The van der Waals surface area contributed by atoms with Crippen LogP contribution in [0.1, 0.15) is 12.9 Å². The summed E-state index contributed by atoms with van der Waals surface area (Å²) in [6.45, 7) is -0.347. The number of thioether (sulfide) groups is 3. The van der Waals surface area contributed by atoms with E-state index in [1.54, 1.807) is 6.07 Å². The van der Waals surface area contributed by atoms with Gasteiger partial charge in [-0.05, 0) is 17.7 Å². The number of carboxylic acids is 2. The number of β-lactam (4-membered cyclic amide) rings is 2. The molecule has 0 radical (unpaired) electrons. The molecular formula is C34H35N12NaO15S4. The van der Waals surface area contributed by atoms with Crippen LogP contribution in [0.25, 0.3) is 0 Å². The maximum atomic E-state index is 12.9. The molecule has 0 saturated carbocycles. The fraction of sp³-hybridized carbons (Fsp3) is 0.324.